The summed E-state index contributed by atoms with van der Waals surface area (Å²) in [6.45, 7) is 1.41. The molecule has 2 aromatic heterocycles. The zero-order valence-corrected chi connectivity index (χ0v) is 35.0. The van der Waals surface area contributed by atoms with Crippen LogP contribution in [-0.2, 0) is 20.8 Å². The molecule has 0 radical (unpaired) electrons. The van der Waals surface area contributed by atoms with Gasteiger partial charge in [0.2, 0.25) is 17.7 Å². The van der Waals surface area contributed by atoms with E-state index in [-0.39, 0.29) is 36.2 Å². The van der Waals surface area contributed by atoms with Gasteiger partial charge in [-0.3, -0.25) is 14.4 Å². The van der Waals surface area contributed by atoms with E-state index in [1.807, 2.05) is 82.9 Å². The molecule has 4 aromatic carbocycles. The molecule has 3 aliphatic rings. The average molecular weight is 830 g/mol. The molecule has 0 bridgehead atoms. The molecule has 6 aromatic rings. The molecule has 0 unspecified atom stereocenters. The number of carbonyl (C=O) groups excluding carboxylic acids is 3. The van der Waals surface area contributed by atoms with Crippen molar-refractivity contribution in [2.45, 2.75) is 69.5 Å². The lowest BCUT2D eigenvalue weighted by molar-refractivity contribution is -0.137. The Bertz CT molecular complexity index is 2510. The zero-order chi connectivity index (χ0) is 40.8. The first kappa shape index (κ1) is 39.5. The van der Waals surface area contributed by atoms with E-state index in [0.29, 0.717) is 13.0 Å². The Morgan fingerprint density at radius 3 is 1.80 bits per heavy atom. The summed E-state index contributed by atoms with van der Waals surface area (Å²) >= 11 is 3.32. The number of aromatic nitrogens is 2. The number of likely N-dealkylation sites (tertiary alicyclic amines) is 2. The second-order valence-corrected chi connectivity index (χ2v) is 17.9. The lowest BCUT2D eigenvalue weighted by Gasteiger charge is -2.28. The van der Waals surface area contributed by atoms with E-state index in [9.17, 15) is 14.4 Å². The number of allylic oxidation sites excluding steroid dienone is 3. The minimum Gasteiger partial charge on any atom is -0.340 e. The van der Waals surface area contributed by atoms with Gasteiger partial charge >= 0.3 is 0 Å². The molecule has 1 aliphatic carbocycles. The third-order valence-electron chi connectivity index (χ3n) is 11.8. The van der Waals surface area contributed by atoms with E-state index < -0.39 is 6.04 Å². The van der Waals surface area contributed by atoms with Crippen LogP contribution in [0.2, 0.25) is 0 Å². The van der Waals surface area contributed by atoms with E-state index in [2.05, 4.69) is 72.1 Å². The molecule has 10 heteroatoms. The van der Waals surface area contributed by atoms with Crippen LogP contribution in [0.25, 0.3) is 32.0 Å². The summed E-state index contributed by atoms with van der Waals surface area (Å²) in [5.41, 5.74) is 7.34. The highest BCUT2D eigenvalue weighted by atomic mass is 32.1. The van der Waals surface area contributed by atoms with E-state index in [4.69, 9.17) is 9.97 Å². The minimum atomic E-state index is -0.782. The summed E-state index contributed by atoms with van der Waals surface area (Å²) in [4.78, 5) is 56.6. The van der Waals surface area contributed by atoms with Crippen LogP contribution in [0.5, 0.6) is 0 Å². The van der Waals surface area contributed by atoms with Gasteiger partial charge in [-0.05, 0) is 71.9 Å². The molecule has 0 spiro atoms. The first-order chi connectivity index (χ1) is 29.5. The van der Waals surface area contributed by atoms with Crippen molar-refractivity contribution < 1.29 is 14.4 Å². The smallest absolute Gasteiger partial charge is 0.250 e. The summed E-state index contributed by atoms with van der Waals surface area (Å²) in [7, 11) is 0. The number of benzene rings is 4. The van der Waals surface area contributed by atoms with Crippen molar-refractivity contribution in [2.75, 3.05) is 13.1 Å². The Kier molecular flexibility index (Phi) is 11.9. The van der Waals surface area contributed by atoms with Crippen LogP contribution in [0.15, 0.2) is 145 Å². The largest absolute Gasteiger partial charge is 0.340 e. The molecule has 302 valence electrons. The maximum absolute atomic E-state index is 14.3. The van der Waals surface area contributed by atoms with Crippen LogP contribution < -0.4 is 5.32 Å². The van der Waals surface area contributed by atoms with Gasteiger partial charge in [0.1, 0.15) is 16.1 Å². The van der Waals surface area contributed by atoms with Crippen molar-refractivity contribution in [3.05, 3.63) is 167 Å². The van der Waals surface area contributed by atoms with Crippen LogP contribution in [0.1, 0.15) is 84.2 Å². The third-order valence-corrected chi connectivity index (χ3v) is 14.1. The second kappa shape index (κ2) is 18.1. The molecular weight excluding hydrogens is 783 g/mol. The molecule has 60 heavy (non-hydrogen) atoms. The van der Waals surface area contributed by atoms with Crippen molar-refractivity contribution in [3.8, 4) is 32.0 Å². The first-order valence-corrected chi connectivity index (χ1v) is 22.6. The van der Waals surface area contributed by atoms with Gasteiger partial charge in [0.15, 0.2) is 0 Å². The number of carbonyl (C=O) groups is 3. The van der Waals surface area contributed by atoms with Gasteiger partial charge in [0, 0.05) is 31.9 Å². The molecule has 8 nitrogen and oxygen atoms in total. The molecule has 9 rings (SSSR count). The fraction of sp³-hybridized carbons (Fsp3) is 0.260. The second-order valence-electron chi connectivity index (χ2n) is 15.8. The monoisotopic (exact) mass is 829 g/mol. The maximum Gasteiger partial charge on any atom is 0.250 e. The van der Waals surface area contributed by atoms with Gasteiger partial charge in [-0.2, -0.15) is 0 Å². The molecule has 2 saturated heterocycles. The van der Waals surface area contributed by atoms with Gasteiger partial charge in [0.05, 0.1) is 28.3 Å². The Hall–Kier alpha value is -5.97. The molecule has 0 saturated carbocycles. The highest BCUT2D eigenvalue weighted by Gasteiger charge is 2.37. The molecule has 3 amide bonds. The van der Waals surface area contributed by atoms with Crippen LogP contribution in [0.4, 0.5) is 0 Å². The lowest BCUT2D eigenvalue weighted by atomic mass is 10.0. The molecule has 2 fully saturated rings. The van der Waals surface area contributed by atoms with Crippen molar-refractivity contribution >= 4 is 40.4 Å². The number of hydrogen-bond acceptors (Lipinski definition) is 7. The lowest BCUT2D eigenvalue weighted by Crippen LogP contribution is -2.43. The Balaban J connectivity index is 0.846. The van der Waals surface area contributed by atoms with Crippen molar-refractivity contribution in [2.24, 2.45) is 0 Å². The SMILES string of the molecule is O=C(Cc1ccccc1)N[C@H](C(=O)N1CCC[C@H]1c1ncc(-c2ccc(-c3ccc(-c4cnc([C@@H]5CCCN5C(=O)CC5=CC=CCC5)s4)cc3)cc2)s1)c1ccccc1. The number of nitrogens with one attached hydrogen (secondary N) is 1. The number of thiazole rings is 2. The van der Waals surface area contributed by atoms with Crippen LogP contribution in [-0.4, -0.2) is 50.6 Å². The quantitative estimate of drug-likeness (QED) is 0.133. The van der Waals surface area contributed by atoms with Gasteiger partial charge in [-0.25, -0.2) is 9.97 Å². The summed E-state index contributed by atoms with van der Waals surface area (Å²) in [6, 6.07) is 35.4. The standard InChI is InChI=1S/C50H47N5O3S2/c56-45(30-34-12-4-1-5-13-34)53-47(40-16-8-3-9-17-40)50(58)55-29-11-19-42(55)49-52-33-44(60-49)39-26-22-37(23-27-39)36-20-24-38(25-21-36)43-32-51-48(59-43)41-18-10-28-54(41)46(57)31-35-14-6-2-7-15-35/h1-6,8-9,12-14,16-17,20-27,32-33,41-42,47H,7,10-11,15,18-19,28-31H2,(H,53,56)/t41-,42-,47-/m0/s1. The minimum absolute atomic E-state index is 0.0552. The summed E-state index contributed by atoms with van der Waals surface area (Å²) in [5, 5.41) is 4.98. The molecule has 1 N–H and O–H groups in total. The fourth-order valence-electron chi connectivity index (χ4n) is 8.60. The highest BCUT2D eigenvalue weighted by molar-refractivity contribution is 7.15. The van der Waals surface area contributed by atoms with Crippen LogP contribution >= 0.6 is 22.7 Å². The molecular formula is C50H47N5O3S2. The Morgan fingerprint density at radius 1 is 0.667 bits per heavy atom. The third kappa shape index (κ3) is 8.81. The predicted octanol–water partition coefficient (Wildman–Crippen LogP) is 10.7. The average Bonchev–Trinajstić information content (AvgIpc) is 4.14. The van der Waals surface area contributed by atoms with Crippen LogP contribution in [0.3, 0.4) is 0 Å². The molecule has 2 aliphatic heterocycles. The van der Waals surface area contributed by atoms with Gasteiger partial charge in [-0.15, -0.1) is 22.7 Å². The van der Waals surface area contributed by atoms with E-state index in [1.165, 1.54) is 5.57 Å². The van der Waals surface area contributed by atoms with Gasteiger partial charge < -0.3 is 15.1 Å². The summed E-state index contributed by atoms with van der Waals surface area (Å²) < 4.78 is 0. The van der Waals surface area contributed by atoms with Crippen molar-refractivity contribution in [1.82, 2.24) is 25.1 Å². The van der Waals surface area contributed by atoms with E-state index in [1.54, 1.807) is 22.7 Å². The fourth-order valence-corrected chi connectivity index (χ4v) is 10.7. The number of nitrogens with zero attached hydrogens (tertiary/aromatic N) is 4. The first-order valence-electron chi connectivity index (χ1n) is 20.9. The zero-order valence-electron chi connectivity index (χ0n) is 33.4. The topological polar surface area (TPSA) is 95.5 Å². The summed E-state index contributed by atoms with van der Waals surface area (Å²) in [6.07, 6.45) is 16.5. The van der Waals surface area contributed by atoms with E-state index >= 15 is 0 Å². The highest BCUT2D eigenvalue weighted by Crippen LogP contribution is 2.41. The Morgan fingerprint density at radius 2 is 1.22 bits per heavy atom. The van der Waals surface area contributed by atoms with Crippen LogP contribution in [0, 0.1) is 0 Å². The normalized spacial score (nSPS) is 18.0. The number of rotatable bonds is 12. The summed E-state index contributed by atoms with van der Waals surface area (Å²) in [5.74, 6) is -0.0857. The van der Waals surface area contributed by atoms with Gasteiger partial charge in [0.25, 0.3) is 0 Å². The van der Waals surface area contributed by atoms with Gasteiger partial charge in [-0.1, -0.05) is 133 Å². The van der Waals surface area contributed by atoms with E-state index in [0.717, 1.165) is 98.2 Å². The number of hydrogen-bond donors (Lipinski definition) is 1. The predicted molar refractivity (Wildman–Crippen MR) is 240 cm³/mol. The Labute approximate surface area is 359 Å². The maximum atomic E-state index is 14.3. The molecule has 4 heterocycles. The van der Waals surface area contributed by atoms with Crippen molar-refractivity contribution in [1.29, 1.82) is 0 Å². The molecule has 3 atom stereocenters. The number of amides is 3. The van der Waals surface area contributed by atoms with Crippen molar-refractivity contribution in [3.63, 3.8) is 0 Å².